The number of rotatable bonds is 6. The van der Waals surface area contributed by atoms with E-state index >= 15 is 0 Å². The van der Waals surface area contributed by atoms with Crippen molar-refractivity contribution < 1.29 is 22.7 Å². The first-order chi connectivity index (χ1) is 17.3. The van der Waals surface area contributed by atoms with Gasteiger partial charge in [-0.25, -0.2) is 8.42 Å². The second kappa shape index (κ2) is 9.53. The van der Waals surface area contributed by atoms with E-state index in [4.69, 9.17) is 9.47 Å². The normalized spacial score (nSPS) is 17.4. The number of aromatic nitrogens is 1. The van der Waals surface area contributed by atoms with Crippen molar-refractivity contribution in [3.63, 3.8) is 0 Å². The van der Waals surface area contributed by atoms with Crippen LogP contribution in [0.15, 0.2) is 77.1 Å². The number of fused-ring (bicyclic) bond motifs is 1. The molecule has 188 valence electrons. The second-order valence-corrected chi connectivity index (χ2v) is 10.7. The Balaban J connectivity index is 1.47. The predicted molar refractivity (Wildman–Crippen MR) is 136 cm³/mol. The number of H-pyrrole nitrogens is 1. The van der Waals surface area contributed by atoms with Crippen molar-refractivity contribution in [2.45, 2.75) is 23.5 Å². The lowest BCUT2D eigenvalue weighted by molar-refractivity contribution is -0.181. The third-order valence-corrected chi connectivity index (χ3v) is 8.43. The zero-order chi connectivity index (χ0) is 25.3. The molecule has 0 radical (unpaired) electrons. The number of ether oxygens (including phenoxy) is 2. The third-order valence-electron chi connectivity index (χ3n) is 6.64. The fourth-order valence-electron chi connectivity index (χ4n) is 4.70. The molecule has 10 heteroatoms. The van der Waals surface area contributed by atoms with Gasteiger partial charge in [0, 0.05) is 43.0 Å². The molecular weight excluding hydrogens is 482 g/mol. The molecule has 1 amide bonds. The van der Waals surface area contributed by atoms with Crippen LogP contribution in [0.3, 0.4) is 0 Å². The summed E-state index contributed by atoms with van der Waals surface area (Å²) in [6, 6.07) is 13.0. The van der Waals surface area contributed by atoms with Crippen LogP contribution in [0.4, 0.5) is 5.69 Å². The van der Waals surface area contributed by atoms with Crippen LogP contribution in [-0.4, -0.2) is 62.8 Å². The topological polar surface area (TPSA) is 109 Å². The Morgan fingerprint density at radius 2 is 1.81 bits per heavy atom. The van der Waals surface area contributed by atoms with Gasteiger partial charge < -0.3 is 19.4 Å². The number of aromatic amines is 1. The largest absolute Gasteiger partial charge is 0.360 e. The molecule has 1 N–H and O–H groups in total. The number of sulfonamides is 1. The average molecular weight is 510 g/mol. The van der Waals surface area contributed by atoms with E-state index in [1.165, 1.54) is 34.8 Å². The van der Waals surface area contributed by atoms with Gasteiger partial charge >= 0.3 is 0 Å². The summed E-state index contributed by atoms with van der Waals surface area (Å²) in [6.45, 7) is 5.62. The van der Waals surface area contributed by atoms with Gasteiger partial charge in [-0.15, -0.1) is 6.58 Å². The number of amides is 1. The Labute approximate surface area is 209 Å². The van der Waals surface area contributed by atoms with E-state index in [1.807, 2.05) is 0 Å². The lowest BCUT2D eigenvalue weighted by Gasteiger charge is -2.37. The standard InChI is InChI=1S/C26H27N3O6S/c1-2-12-29(19-6-4-3-5-7-19)36(32,33)20-8-9-23-21(17-20)24(30)22(18-27-23)25(31)28-13-10-26(11-14-28)34-15-16-35-26/h2-9,17-18H,1,10-16H2,(H,27,30). The highest BCUT2D eigenvalue weighted by Gasteiger charge is 2.41. The molecule has 9 nitrogen and oxygen atoms in total. The number of nitrogens with one attached hydrogen (secondary N) is 1. The molecule has 36 heavy (non-hydrogen) atoms. The molecule has 0 aliphatic carbocycles. The smallest absolute Gasteiger partial charge is 0.264 e. The minimum atomic E-state index is -4.00. The van der Waals surface area contributed by atoms with Gasteiger partial charge in [0.2, 0.25) is 5.43 Å². The fraction of sp³-hybridized carbons (Fsp3) is 0.308. The molecule has 0 bridgehead atoms. The first kappa shape index (κ1) is 24.2. The minimum absolute atomic E-state index is 0.0349. The number of hydrogen-bond donors (Lipinski definition) is 1. The minimum Gasteiger partial charge on any atom is -0.360 e. The van der Waals surface area contributed by atoms with Gasteiger partial charge in [-0.2, -0.15) is 0 Å². The Morgan fingerprint density at radius 3 is 2.47 bits per heavy atom. The van der Waals surface area contributed by atoms with Crippen molar-refractivity contribution in [1.29, 1.82) is 0 Å². The summed E-state index contributed by atoms with van der Waals surface area (Å²) >= 11 is 0. The highest BCUT2D eigenvalue weighted by molar-refractivity contribution is 7.92. The molecule has 3 aromatic rings. The lowest BCUT2D eigenvalue weighted by Crippen LogP contribution is -2.48. The fourth-order valence-corrected chi connectivity index (χ4v) is 6.17. The van der Waals surface area contributed by atoms with Crippen molar-refractivity contribution in [2.75, 3.05) is 37.2 Å². The van der Waals surface area contributed by atoms with Gasteiger partial charge in [0.1, 0.15) is 5.56 Å². The summed E-state index contributed by atoms with van der Waals surface area (Å²) in [6.07, 6.45) is 3.96. The van der Waals surface area contributed by atoms with Crippen molar-refractivity contribution >= 4 is 32.5 Å². The van der Waals surface area contributed by atoms with Crippen molar-refractivity contribution in [3.8, 4) is 0 Å². The summed E-state index contributed by atoms with van der Waals surface area (Å²) in [4.78, 5) is 31.1. The van der Waals surface area contributed by atoms with E-state index in [-0.39, 0.29) is 22.4 Å². The van der Waals surface area contributed by atoms with E-state index in [2.05, 4.69) is 11.6 Å². The van der Waals surface area contributed by atoms with Crippen LogP contribution in [0.25, 0.3) is 10.9 Å². The van der Waals surface area contributed by atoms with Gasteiger partial charge in [0.05, 0.1) is 30.3 Å². The molecule has 2 fully saturated rings. The Hall–Kier alpha value is -3.47. The van der Waals surface area contributed by atoms with Crippen molar-refractivity contribution in [1.82, 2.24) is 9.88 Å². The van der Waals surface area contributed by atoms with Crippen LogP contribution in [0.1, 0.15) is 23.2 Å². The van der Waals surface area contributed by atoms with E-state index in [1.54, 1.807) is 35.2 Å². The van der Waals surface area contributed by atoms with Crippen LogP contribution >= 0.6 is 0 Å². The van der Waals surface area contributed by atoms with Crippen LogP contribution in [0.5, 0.6) is 0 Å². The molecule has 2 aromatic carbocycles. The number of carbonyl (C=O) groups excluding carboxylic acids is 1. The number of likely N-dealkylation sites (tertiary alicyclic amines) is 1. The Bertz CT molecular complexity index is 1450. The first-order valence-corrected chi connectivity index (χ1v) is 13.2. The predicted octanol–water partition coefficient (Wildman–Crippen LogP) is 2.89. The van der Waals surface area contributed by atoms with Gasteiger partial charge in [-0.3, -0.25) is 13.9 Å². The average Bonchev–Trinajstić information content (AvgIpc) is 3.35. The van der Waals surface area contributed by atoms with E-state index in [9.17, 15) is 18.0 Å². The number of nitrogens with zero attached hydrogens (tertiary/aromatic N) is 2. The zero-order valence-corrected chi connectivity index (χ0v) is 20.5. The molecule has 2 aliphatic rings. The molecule has 0 unspecified atom stereocenters. The number of para-hydroxylation sites is 1. The molecule has 5 rings (SSSR count). The summed E-state index contributed by atoms with van der Waals surface area (Å²) in [7, 11) is -4.00. The molecule has 2 aliphatic heterocycles. The van der Waals surface area contributed by atoms with Crippen LogP contribution in [-0.2, 0) is 19.5 Å². The second-order valence-electron chi connectivity index (χ2n) is 8.80. The molecular formula is C26H27N3O6S. The van der Waals surface area contributed by atoms with Gasteiger partial charge in [0.25, 0.3) is 15.9 Å². The van der Waals surface area contributed by atoms with Crippen LogP contribution < -0.4 is 9.73 Å². The molecule has 1 spiro atoms. The summed E-state index contributed by atoms with van der Waals surface area (Å²) in [5, 5.41) is 0.129. The van der Waals surface area contributed by atoms with Gasteiger partial charge in [0.15, 0.2) is 5.79 Å². The number of benzene rings is 2. The van der Waals surface area contributed by atoms with E-state index in [0.29, 0.717) is 50.3 Å². The molecule has 1 aromatic heterocycles. The summed E-state index contributed by atoms with van der Waals surface area (Å²) in [5.74, 6) is -1.04. The highest BCUT2D eigenvalue weighted by Crippen LogP contribution is 2.32. The number of piperidine rings is 1. The van der Waals surface area contributed by atoms with E-state index in [0.717, 1.165) is 0 Å². The van der Waals surface area contributed by atoms with Gasteiger partial charge in [-0.05, 0) is 30.3 Å². The number of pyridine rings is 1. The van der Waals surface area contributed by atoms with Gasteiger partial charge in [-0.1, -0.05) is 24.3 Å². The van der Waals surface area contributed by atoms with E-state index < -0.39 is 27.1 Å². The Kier molecular flexibility index (Phi) is 6.42. The monoisotopic (exact) mass is 509 g/mol. The number of hydrogen-bond acceptors (Lipinski definition) is 6. The number of carbonyl (C=O) groups is 1. The Morgan fingerprint density at radius 1 is 1.11 bits per heavy atom. The lowest BCUT2D eigenvalue weighted by atomic mass is 10.0. The molecule has 2 saturated heterocycles. The van der Waals surface area contributed by atoms with Crippen LogP contribution in [0.2, 0.25) is 0 Å². The third kappa shape index (κ3) is 4.32. The SMILES string of the molecule is C=CCN(c1ccccc1)S(=O)(=O)c1ccc2[nH]cc(C(=O)N3CCC4(CC3)OCCO4)c(=O)c2c1. The quantitative estimate of drug-likeness (QED) is 0.512. The highest BCUT2D eigenvalue weighted by atomic mass is 32.2. The number of anilines is 1. The zero-order valence-electron chi connectivity index (χ0n) is 19.7. The summed E-state index contributed by atoms with van der Waals surface area (Å²) < 4.78 is 39.7. The van der Waals surface area contributed by atoms with Crippen molar-refractivity contribution in [3.05, 3.63) is 83.2 Å². The maximum Gasteiger partial charge on any atom is 0.264 e. The molecule has 0 saturated carbocycles. The summed E-state index contributed by atoms with van der Waals surface area (Å²) in [5.41, 5.74) is 0.367. The van der Waals surface area contributed by atoms with Crippen LogP contribution in [0, 0.1) is 0 Å². The van der Waals surface area contributed by atoms with Crippen molar-refractivity contribution in [2.24, 2.45) is 0 Å². The maximum atomic E-state index is 13.5. The molecule has 0 atom stereocenters. The maximum absolute atomic E-state index is 13.5. The molecule has 3 heterocycles. The first-order valence-electron chi connectivity index (χ1n) is 11.8.